The lowest BCUT2D eigenvalue weighted by atomic mass is 10.1. The number of piperidine rings is 1. The minimum absolute atomic E-state index is 0.0157. The normalized spacial score (nSPS) is 19.2. The number of nitrogens with one attached hydrogen (secondary N) is 2. The van der Waals surface area contributed by atoms with Crippen molar-refractivity contribution < 1.29 is 13.2 Å². The fraction of sp³-hybridized carbons (Fsp3) is 0.900. The SMILES string of the molecule is CCNC(=O)CNC1CCN(S(C)(=O)=O)CC1. The molecule has 0 bridgehead atoms. The fourth-order valence-electron chi connectivity index (χ4n) is 1.89. The summed E-state index contributed by atoms with van der Waals surface area (Å²) in [6.07, 6.45) is 2.74. The van der Waals surface area contributed by atoms with Gasteiger partial charge in [0.1, 0.15) is 0 Å². The number of hydrogen-bond acceptors (Lipinski definition) is 4. The van der Waals surface area contributed by atoms with E-state index < -0.39 is 10.0 Å². The van der Waals surface area contributed by atoms with Gasteiger partial charge < -0.3 is 10.6 Å². The number of nitrogens with zero attached hydrogens (tertiary/aromatic N) is 1. The van der Waals surface area contributed by atoms with Crippen LogP contribution in [-0.2, 0) is 14.8 Å². The molecule has 100 valence electrons. The number of amides is 1. The van der Waals surface area contributed by atoms with Crippen molar-refractivity contribution in [1.29, 1.82) is 0 Å². The van der Waals surface area contributed by atoms with Crippen molar-refractivity contribution in [2.75, 3.05) is 32.4 Å². The first-order chi connectivity index (χ1) is 7.93. The Hall–Kier alpha value is -0.660. The standard InChI is InChI=1S/C10H21N3O3S/c1-3-11-10(14)8-12-9-4-6-13(7-5-9)17(2,15)16/h9,12H,3-8H2,1-2H3,(H,11,14). The molecule has 0 saturated carbocycles. The van der Waals surface area contributed by atoms with Crippen LogP contribution in [0.25, 0.3) is 0 Å². The Labute approximate surface area is 103 Å². The van der Waals surface area contributed by atoms with Crippen LogP contribution in [0.4, 0.5) is 0 Å². The highest BCUT2D eigenvalue weighted by atomic mass is 32.2. The van der Waals surface area contributed by atoms with Crippen LogP contribution in [0.1, 0.15) is 19.8 Å². The Kier molecular flexibility index (Phi) is 5.35. The second-order valence-electron chi connectivity index (χ2n) is 4.27. The molecule has 0 aliphatic carbocycles. The molecule has 1 amide bonds. The third kappa shape index (κ3) is 5.01. The van der Waals surface area contributed by atoms with Crippen LogP contribution >= 0.6 is 0 Å². The van der Waals surface area contributed by atoms with Gasteiger partial charge in [0.2, 0.25) is 15.9 Å². The van der Waals surface area contributed by atoms with E-state index in [1.165, 1.54) is 10.6 Å². The fourth-order valence-corrected chi connectivity index (χ4v) is 2.76. The van der Waals surface area contributed by atoms with Gasteiger partial charge in [0, 0.05) is 25.7 Å². The van der Waals surface area contributed by atoms with Crippen LogP contribution in [0.3, 0.4) is 0 Å². The Morgan fingerprint density at radius 2 is 1.94 bits per heavy atom. The summed E-state index contributed by atoms with van der Waals surface area (Å²) in [5, 5.41) is 5.86. The zero-order valence-corrected chi connectivity index (χ0v) is 11.2. The molecule has 0 aromatic carbocycles. The lowest BCUT2D eigenvalue weighted by Gasteiger charge is -2.30. The monoisotopic (exact) mass is 263 g/mol. The van der Waals surface area contributed by atoms with Crippen molar-refractivity contribution in [3.05, 3.63) is 0 Å². The molecule has 0 aromatic rings. The smallest absolute Gasteiger partial charge is 0.233 e. The van der Waals surface area contributed by atoms with E-state index in [2.05, 4.69) is 10.6 Å². The molecular formula is C10H21N3O3S. The first-order valence-electron chi connectivity index (χ1n) is 5.88. The minimum atomic E-state index is -3.06. The first kappa shape index (κ1) is 14.4. The predicted molar refractivity (Wildman–Crippen MR) is 66.1 cm³/mol. The number of rotatable bonds is 5. The van der Waals surface area contributed by atoms with E-state index in [0.717, 1.165) is 12.8 Å². The van der Waals surface area contributed by atoms with Crippen molar-refractivity contribution in [2.24, 2.45) is 0 Å². The molecule has 1 fully saturated rings. The summed E-state index contributed by atoms with van der Waals surface area (Å²) in [5.41, 5.74) is 0. The molecule has 1 heterocycles. The summed E-state index contributed by atoms with van der Waals surface area (Å²) >= 11 is 0. The van der Waals surface area contributed by atoms with Gasteiger partial charge in [-0.1, -0.05) is 0 Å². The van der Waals surface area contributed by atoms with E-state index in [0.29, 0.717) is 26.2 Å². The Balaban J connectivity index is 2.26. The minimum Gasteiger partial charge on any atom is -0.355 e. The second-order valence-corrected chi connectivity index (χ2v) is 6.25. The van der Waals surface area contributed by atoms with Crippen molar-refractivity contribution in [1.82, 2.24) is 14.9 Å². The van der Waals surface area contributed by atoms with E-state index in [1.54, 1.807) is 0 Å². The average molecular weight is 263 g/mol. The van der Waals surface area contributed by atoms with Crippen molar-refractivity contribution in [3.63, 3.8) is 0 Å². The van der Waals surface area contributed by atoms with E-state index >= 15 is 0 Å². The van der Waals surface area contributed by atoms with E-state index in [-0.39, 0.29) is 11.9 Å². The van der Waals surface area contributed by atoms with Crippen LogP contribution < -0.4 is 10.6 Å². The van der Waals surface area contributed by atoms with Gasteiger partial charge in [-0.2, -0.15) is 0 Å². The highest BCUT2D eigenvalue weighted by molar-refractivity contribution is 7.88. The third-order valence-corrected chi connectivity index (χ3v) is 4.15. The lowest BCUT2D eigenvalue weighted by molar-refractivity contribution is -0.120. The van der Waals surface area contributed by atoms with Gasteiger partial charge in [-0.3, -0.25) is 4.79 Å². The predicted octanol–water partition coefficient (Wildman–Crippen LogP) is -0.864. The summed E-state index contributed by atoms with van der Waals surface area (Å²) in [5.74, 6) is -0.0157. The molecule has 0 spiro atoms. The maximum atomic E-state index is 11.3. The average Bonchev–Trinajstić information content (AvgIpc) is 2.26. The topological polar surface area (TPSA) is 78.5 Å². The molecule has 6 nitrogen and oxygen atoms in total. The number of likely N-dealkylation sites (N-methyl/N-ethyl adjacent to an activating group) is 1. The Morgan fingerprint density at radius 3 is 2.41 bits per heavy atom. The quantitative estimate of drug-likeness (QED) is 0.676. The molecule has 1 saturated heterocycles. The van der Waals surface area contributed by atoms with E-state index in [9.17, 15) is 13.2 Å². The molecular weight excluding hydrogens is 242 g/mol. The van der Waals surface area contributed by atoms with Gasteiger partial charge in [0.25, 0.3) is 0 Å². The van der Waals surface area contributed by atoms with Gasteiger partial charge in [0.05, 0.1) is 12.8 Å². The summed E-state index contributed by atoms with van der Waals surface area (Å²) < 4.78 is 24.1. The molecule has 0 unspecified atom stereocenters. The summed E-state index contributed by atoms with van der Waals surface area (Å²) in [4.78, 5) is 11.2. The second kappa shape index (κ2) is 6.32. The lowest BCUT2D eigenvalue weighted by Crippen LogP contribution is -2.46. The zero-order valence-electron chi connectivity index (χ0n) is 10.4. The first-order valence-corrected chi connectivity index (χ1v) is 7.73. The Morgan fingerprint density at radius 1 is 1.35 bits per heavy atom. The molecule has 1 aliphatic rings. The van der Waals surface area contributed by atoms with Crippen LogP contribution in [0, 0.1) is 0 Å². The van der Waals surface area contributed by atoms with Crippen LogP contribution in [0.15, 0.2) is 0 Å². The molecule has 2 N–H and O–H groups in total. The van der Waals surface area contributed by atoms with E-state index in [4.69, 9.17) is 0 Å². The number of hydrogen-bond donors (Lipinski definition) is 2. The van der Waals surface area contributed by atoms with Crippen molar-refractivity contribution >= 4 is 15.9 Å². The molecule has 7 heteroatoms. The maximum absolute atomic E-state index is 11.3. The highest BCUT2D eigenvalue weighted by Gasteiger charge is 2.24. The zero-order chi connectivity index (χ0) is 12.9. The van der Waals surface area contributed by atoms with Crippen molar-refractivity contribution in [2.45, 2.75) is 25.8 Å². The van der Waals surface area contributed by atoms with Gasteiger partial charge in [-0.05, 0) is 19.8 Å². The van der Waals surface area contributed by atoms with Gasteiger partial charge in [-0.15, -0.1) is 0 Å². The van der Waals surface area contributed by atoms with Crippen LogP contribution in [0.2, 0.25) is 0 Å². The number of sulfonamides is 1. The summed E-state index contributed by atoms with van der Waals surface area (Å²) in [7, 11) is -3.06. The molecule has 1 aliphatic heterocycles. The molecule has 1 rings (SSSR count). The third-order valence-electron chi connectivity index (χ3n) is 2.85. The van der Waals surface area contributed by atoms with Gasteiger partial charge in [0.15, 0.2) is 0 Å². The molecule has 0 atom stereocenters. The summed E-state index contributed by atoms with van der Waals surface area (Å²) in [6.45, 7) is 3.88. The highest BCUT2D eigenvalue weighted by Crippen LogP contribution is 2.12. The molecule has 0 aromatic heterocycles. The van der Waals surface area contributed by atoms with E-state index in [1.807, 2.05) is 6.92 Å². The number of carbonyl (C=O) groups excluding carboxylic acids is 1. The molecule has 0 radical (unpaired) electrons. The van der Waals surface area contributed by atoms with Gasteiger partial charge >= 0.3 is 0 Å². The van der Waals surface area contributed by atoms with Crippen molar-refractivity contribution in [3.8, 4) is 0 Å². The van der Waals surface area contributed by atoms with Crippen LogP contribution in [0.5, 0.6) is 0 Å². The Bertz CT molecular complexity index is 348. The maximum Gasteiger partial charge on any atom is 0.233 e. The summed E-state index contributed by atoms with van der Waals surface area (Å²) in [6, 6.07) is 0.232. The number of carbonyl (C=O) groups is 1. The van der Waals surface area contributed by atoms with Gasteiger partial charge in [-0.25, -0.2) is 12.7 Å². The largest absolute Gasteiger partial charge is 0.355 e. The van der Waals surface area contributed by atoms with Crippen LogP contribution in [-0.4, -0.2) is 57.1 Å². The molecule has 17 heavy (non-hydrogen) atoms.